The van der Waals surface area contributed by atoms with Crippen molar-refractivity contribution in [1.29, 1.82) is 0 Å². The van der Waals surface area contributed by atoms with Crippen molar-refractivity contribution in [2.75, 3.05) is 19.7 Å². The Hall–Kier alpha value is -2.73. The SMILES string of the molecule is [N-]=[N+]=NCc1cc(N=[N+]=[N-])cc(C(=O)N2CCCC3(CCCO3)CC2)c1. The van der Waals surface area contributed by atoms with E-state index in [0.29, 0.717) is 29.9 Å². The number of carbonyl (C=O) groups is 1. The van der Waals surface area contributed by atoms with Crippen molar-refractivity contribution < 1.29 is 9.53 Å². The van der Waals surface area contributed by atoms with Crippen molar-refractivity contribution in [3.63, 3.8) is 0 Å². The molecule has 26 heavy (non-hydrogen) atoms. The number of ether oxygens (including phenoxy) is 1. The molecule has 0 radical (unpaired) electrons. The molecule has 2 aliphatic heterocycles. The average Bonchev–Trinajstić information content (AvgIpc) is 3.00. The molecule has 1 spiro atoms. The molecule has 2 aliphatic rings. The highest BCUT2D eigenvalue weighted by Crippen LogP contribution is 2.36. The maximum Gasteiger partial charge on any atom is 0.253 e. The molecule has 1 unspecified atom stereocenters. The van der Waals surface area contributed by atoms with Gasteiger partial charge in [-0.15, -0.1) is 0 Å². The number of azide groups is 2. The molecule has 3 rings (SSSR count). The molecule has 0 saturated carbocycles. The van der Waals surface area contributed by atoms with Crippen LogP contribution in [0.3, 0.4) is 0 Å². The minimum atomic E-state index is -0.0998. The predicted molar refractivity (Wildman–Crippen MR) is 95.8 cm³/mol. The third kappa shape index (κ3) is 4.08. The molecule has 2 fully saturated rings. The van der Waals surface area contributed by atoms with Crippen molar-refractivity contribution in [2.24, 2.45) is 10.2 Å². The molecule has 2 heterocycles. The van der Waals surface area contributed by atoms with Gasteiger partial charge in [0.15, 0.2) is 0 Å². The zero-order valence-corrected chi connectivity index (χ0v) is 14.5. The number of likely N-dealkylation sites (tertiary alicyclic amines) is 1. The summed E-state index contributed by atoms with van der Waals surface area (Å²) < 4.78 is 5.97. The van der Waals surface area contributed by atoms with Crippen LogP contribution in [-0.2, 0) is 11.3 Å². The van der Waals surface area contributed by atoms with Crippen LogP contribution >= 0.6 is 0 Å². The molecule has 1 amide bonds. The van der Waals surface area contributed by atoms with Crippen LogP contribution in [0.25, 0.3) is 20.9 Å². The summed E-state index contributed by atoms with van der Waals surface area (Å²) >= 11 is 0. The summed E-state index contributed by atoms with van der Waals surface area (Å²) in [4.78, 5) is 20.3. The van der Waals surface area contributed by atoms with Gasteiger partial charge in [-0.2, -0.15) is 0 Å². The normalized spacial score (nSPS) is 22.4. The summed E-state index contributed by atoms with van der Waals surface area (Å²) in [6, 6.07) is 4.89. The lowest BCUT2D eigenvalue weighted by Crippen LogP contribution is -2.34. The Morgan fingerprint density at radius 2 is 2.00 bits per heavy atom. The van der Waals surface area contributed by atoms with E-state index in [1.165, 1.54) is 0 Å². The van der Waals surface area contributed by atoms with E-state index in [2.05, 4.69) is 20.1 Å². The van der Waals surface area contributed by atoms with Gasteiger partial charge in [0.1, 0.15) is 0 Å². The molecule has 0 aromatic heterocycles. The molecular weight excluding hydrogens is 334 g/mol. The number of hydrogen-bond donors (Lipinski definition) is 0. The third-order valence-electron chi connectivity index (χ3n) is 5.07. The number of hydrogen-bond acceptors (Lipinski definition) is 4. The maximum atomic E-state index is 13.0. The van der Waals surface area contributed by atoms with Gasteiger partial charge in [0.25, 0.3) is 5.91 Å². The predicted octanol–water partition coefficient (Wildman–Crippen LogP) is 4.61. The molecule has 0 N–H and O–H groups in total. The first-order chi connectivity index (χ1) is 12.7. The van der Waals surface area contributed by atoms with Crippen molar-refractivity contribution in [3.05, 3.63) is 50.2 Å². The van der Waals surface area contributed by atoms with Gasteiger partial charge in [0.2, 0.25) is 0 Å². The van der Waals surface area contributed by atoms with Gasteiger partial charge < -0.3 is 9.64 Å². The Kier molecular flexibility index (Phi) is 5.63. The standard InChI is InChI=1S/C17H21N7O2/c18-22-20-12-13-9-14(11-15(10-13)21-23-19)16(25)24-6-1-3-17(5-7-24)4-2-8-26-17/h9-11H,1-8,12H2. The number of amides is 1. The molecule has 9 heteroatoms. The van der Waals surface area contributed by atoms with Gasteiger partial charge in [-0.3, -0.25) is 4.79 Å². The molecule has 136 valence electrons. The fourth-order valence-corrected chi connectivity index (χ4v) is 3.81. The second kappa shape index (κ2) is 8.10. The Morgan fingerprint density at radius 3 is 2.73 bits per heavy atom. The minimum absolute atomic E-state index is 0.0609. The van der Waals surface area contributed by atoms with Crippen LogP contribution in [0, 0.1) is 0 Å². The quantitative estimate of drug-likeness (QED) is 0.444. The van der Waals surface area contributed by atoms with Crippen LogP contribution in [0.2, 0.25) is 0 Å². The van der Waals surface area contributed by atoms with E-state index in [4.69, 9.17) is 15.8 Å². The lowest BCUT2D eigenvalue weighted by Gasteiger charge is -2.27. The van der Waals surface area contributed by atoms with Crippen molar-refractivity contribution >= 4 is 11.6 Å². The zero-order valence-electron chi connectivity index (χ0n) is 14.5. The van der Waals surface area contributed by atoms with Crippen molar-refractivity contribution in [3.8, 4) is 0 Å². The second-order valence-corrected chi connectivity index (χ2v) is 6.75. The van der Waals surface area contributed by atoms with E-state index in [1.807, 2.05) is 4.90 Å². The lowest BCUT2D eigenvalue weighted by molar-refractivity contribution is -0.00691. The fraction of sp³-hybridized carbons (Fsp3) is 0.588. The van der Waals surface area contributed by atoms with Crippen LogP contribution in [-0.4, -0.2) is 36.1 Å². The van der Waals surface area contributed by atoms with Gasteiger partial charge in [0.05, 0.1) is 12.1 Å². The van der Waals surface area contributed by atoms with E-state index in [-0.39, 0.29) is 18.1 Å². The van der Waals surface area contributed by atoms with Gasteiger partial charge in [-0.1, -0.05) is 10.2 Å². The summed E-state index contributed by atoms with van der Waals surface area (Å²) in [6.07, 6.45) is 4.90. The molecule has 0 bridgehead atoms. The third-order valence-corrected chi connectivity index (χ3v) is 5.07. The summed E-state index contributed by atoms with van der Waals surface area (Å²) in [7, 11) is 0. The molecule has 1 aromatic rings. The highest BCUT2D eigenvalue weighted by molar-refractivity contribution is 5.95. The number of rotatable bonds is 4. The van der Waals surface area contributed by atoms with Crippen LogP contribution < -0.4 is 0 Å². The molecular formula is C17H21N7O2. The summed E-state index contributed by atoms with van der Waals surface area (Å²) in [6.45, 7) is 2.24. The largest absolute Gasteiger partial charge is 0.375 e. The smallest absolute Gasteiger partial charge is 0.253 e. The summed E-state index contributed by atoms with van der Waals surface area (Å²) in [5.41, 5.74) is 18.6. The van der Waals surface area contributed by atoms with Gasteiger partial charge in [0, 0.05) is 40.8 Å². The van der Waals surface area contributed by atoms with Crippen LogP contribution in [0.5, 0.6) is 0 Å². The molecule has 2 saturated heterocycles. The maximum absolute atomic E-state index is 13.0. The van der Waals surface area contributed by atoms with Crippen LogP contribution in [0.4, 0.5) is 5.69 Å². The van der Waals surface area contributed by atoms with E-state index >= 15 is 0 Å². The van der Waals surface area contributed by atoms with Crippen molar-refractivity contribution in [1.82, 2.24) is 4.90 Å². The van der Waals surface area contributed by atoms with Gasteiger partial charge >= 0.3 is 0 Å². The first kappa shape index (κ1) is 18.1. The van der Waals surface area contributed by atoms with Crippen LogP contribution in [0.1, 0.15) is 48.0 Å². The van der Waals surface area contributed by atoms with Gasteiger partial charge in [-0.05, 0) is 66.9 Å². The van der Waals surface area contributed by atoms with Crippen LogP contribution in [0.15, 0.2) is 28.4 Å². The van der Waals surface area contributed by atoms with Gasteiger partial charge in [-0.25, -0.2) is 0 Å². The highest BCUT2D eigenvalue weighted by Gasteiger charge is 2.37. The molecule has 1 atom stereocenters. The Morgan fingerprint density at radius 1 is 1.15 bits per heavy atom. The number of benzene rings is 1. The summed E-state index contributed by atoms with van der Waals surface area (Å²) in [5.74, 6) is -0.0998. The monoisotopic (exact) mass is 355 g/mol. The van der Waals surface area contributed by atoms with Crippen molar-refractivity contribution in [2.45, 2.75) is 44.2 Å². The molecule has 0 aliphatic carbocycles. The Balaban J connectivity index is 1.80. The minimum Gasteiger partial charge on any atom is -0.375 e. The Bertz CT molecular complexity index is 775. The van der Waals surface area contributed by atoms with E-state index in [9.17, 15) is 4.79 Å². The van der Waals surface area contributed by atoms with E-state index in [1.54, 1.807) is 18.2 Å². The average molecular weight is 355 g/mol. The first-order valence-corrected chi connectivity index (χ1v) is 8.79. The topological polar surface area (TPSA) is 127 Å². The summed E-state index contributed by atoms with van der Waals surface area (Å²) in [5, 5.41) is 7.12. The molecule has 9 nitrogen and oxygen atoms in total. The lowest BCUT2D eigenvalue weighted by atomic mass is 9.92. The number of nitrogens with zero attached hydrogens (tertiary/aromatic N) is 7. The van der Waals surface area contributed by atoms with E-state index in [0.717, 1.165) is 38.7 Å². The zero-order chi connectivity index (χ0) is 18.4. The molecule has 1 aromatic carbocycles. The van der Waals surface area contributed by atoms with E-state index < -0.39 is 0 Å². The second-order valence-electron chi connectivity index (χ2n) is 6.75. The highest BCUT2D eigenvalue weighted by atomic mass is 16.5. The number of carbonyl (C=O) groups excluding carboxylic acids is 1. The fourth-order valence-electron chi connectivity index (χ4n) is 3.81. The Labute approximate surface area is 151 Å². The first-order valence-electron chi connectivity index (χ1n) is 8.79.